The Morgan fingerprint density at radius 1 is 1.29 bits per heavy atom. The number of nitrogens with zero attached hydrogens (tertiary/aromatic N) is 1. The summed E-state index contributed by atoms with van der Waals surface area (Å²) in [5, 5.41) is 0.546. The number of hydrogen-bond acceptors (Lipinski definition) is 4. The normalized spacial score (nSPS) is 12.0. The molecule has 0 amide bonds. The Hall–Kier alpha value is -1.78. The highest BCUT2D eigenvalue weighted by Gasteiger charge is 2.07. The van der Waals surface area contributed by atoms with Gasteiger partial charge in [0.1, 0.15) is 18.1 Å². The van der Waals surface area contributed by atoms with Gasteiger partial charge in [0.25, 0.3) is 0 Å². The quantitative estimate of drug-likeness (QED) is 0.916. The molecular formula is C16H19ClN2O2. The molecule has 1 unspecified atom stereocenters. The number of ether oxygens (including phenoxy) is 2. The molecule has 0 spiro atoms. The van der Waals surface area contributed by atoms with Gasteiger partial charge in [-0.05, 0) is 31.5 Å². The molecule has 2 N–H and O–H groups in total. The van der Waals surface area contributed by atoms with Gasteiger partial charge in [-0.15, -0.1) is 0 Å². The molecule has 0 radical (unpaired) electrons. The number of aromatic nitrogens is 1. The predicted octanol–water partition coefficient (Wildman–Crippen LogP) is 3.65. The number of pyridine rings is 1. The van der Waals surface area contributed by atoms with E-state index in [1.807, 2.05) is 44.2 Å². The van der Waals surface area contributed by atoms with Crippen LogP contribution in [0.5, 0.6) is 11.5 Å². The third kappa shape index (κ3) is 4.09. The van der Waals surface area contributed by atoms with Crippen LogP contribution in [0.2, 0.25) is 5.02 Å². The summed E-state index contributed by atoms with van der Waals surface area (Å²) in [5.41, 5.74) is 8.47. The number of halogens is 1. The minimum absolute atomic E-state index is 0.0562. The van der Waals surface area contributed by atoms with Gasteiger partial charge in [0.05, 0.1) is 17.8 Å². The van der Waals surface area contributed by atoms with Gasteiger partial charge in [-0.3, -0.25) is 4.98 Å². The molecule has 2 aromatic rings. The standard InChI is InChI=1S/C16H19ClN2O2/c1-10-6-14(20-3)8-13(19-10)9-21-16-5-4-12(11(2)18)7-15(16)17/h4-8,11H,9,18H2,1-3H3. The highest BCUT2D eigenvalue weighted by atomic mass is 35.5. The maximum absolute atomic E-state index is 6.20. The predicted molar refractivity (Wildman–Crippen MR) is 83.9 cm³/mol. The van der Waals surface area contributed by atoms with Crippen LogP contribution >= 0.6 is 11.6 Å². The summed E-state index contributed by atoms with van der Waals surface area (Å²) in [6.07, 6.45) is 0. The lowest BCUT2D eigenvalue weighted by molar-refractivity contribution is 0.300. The van der Waals surface area contributed by atoms with Crippen LogP contribution in [0, 0.1) is 6.92 Å². The SMILES string of the molecule is COc1cc(C)nc(COc2ccc(C(C)N)cc2Cl)c1. The van der Waals surface area contributed by atoms with Crippen molar-refractivity contribution in [1.82, 2.24) is 4.98 Å². The third-order valence-corrected chi connectivity index (χ3v) is 3.37. The van der Waals surface area contributed by atoms with E-state index in [9.17, 15) is 0 Å². The molecule has 1 aromatic carbocycles. The lowest BCUT2D eigenvalue weighted by atomic mass is 10.1. The number of aryl methyl sites for hydroxylation is 1. The molecule has 0 aliphatic heterocycles. The van der Waals surface area contributed by atoms with Gasteiger partial charge >= 0.3 is 0 Å². The van der Waals surface area contributed by atoms with Crippen LogP contribution in [0.25, 0.3) is 0 Å². The second-order valence-corrected chi connectivity index (χ2v) is 5.31. The second kappa shape index (κ2) is 6.78. The fraction of sp³-hybridized carbons (Fsp3) is 0.312. The topological polar surface area (TPSA) is 57.4 Å². The van der Waals surface area contributed by atoms with E-state index in [2.05, 4.69) is 4.98 Å². The Morgan fingerprint density at radius 2 is 2.05 bits per heavy atom. The third-order valence-electron chi connectivity index (χ3n) is 3.07. The fourth-order valence-electron chi connectivity index (χ4n) is 1.96. The summed E-state index contributed by atoms with van der Waals surface area (Å²) in [6.45, 7) is 4.15. The minimum atomic E-state index is -0.0562. The summed E-state index contributed by atoms with van der Waals surface area (Å²) in [7, 11) is 1.63. The van der Waals surface area contributed by atoms with Crippen LogP contribution in [-0.4, -0.2) is 12.1 Å². The first-order valence-corrected chi connectivity index (χ1v) is 7.06. The zero-order valence-corrected chi connectivity index (χ0v) is 13.1. The summed E-state index contributed by atoms with van der Waals surface area (Å²) in [5.74, 6) is 1.38. The first kappa shape index (κ1) is 15.6. The zero-order chi connectivity index (χ0) is 15.4. The zero-order valence-electron chi connectivity index (χ0n) is 12.4. The number of hydrogen-bond donors (Lipinski definition) is 1. The Labute approximate surface area is 129 Å². The van der Waals surface area contributed by atoms with Crippen molar-refractivity contribution in [2.24, 2.45) is 5.73 Å². The van der Waals surface area contributed by atoms with E-state index in [1.165, 1.54) is 0 Å². The average molecular weight is 307 g/mol. The van der Waals surface area contributed by atoms with Crippen molar-refractivity contribution in [3.63, 3.8) is 0 Å². The van der Waals surface area contributed by atoms with Crippen molar-refractivity contribution in [3.8, 4) is 11.5 Å². The molecule has 0 fully saturated rings. The first-order chi connectivity index (χ1) is 9.99. The number of nitrogens with two attached hydrogens (primary N) is 1. The van der Waals surface area contributed by atoms with Crippen molar-refractivity contribution in [2.45, 2.75) is 26.5 Å². The smallest absolute Gasteiger partial charge is 0.138 e. The monoisotopic (exact) mass is 306 g/mol. The van der Waals surface area contributed by atoms with E-state index in [0.717, 1.165) is 22.7 Å². The fourth-order valence-corrected chi connectivity index (χ4v) is 2.21. The molecule has 0 aliphatic rings. The summed E-state index contributed by atoms with van der Waals surface area (Å²) in [6, 6.07) is 9.22. The lowest BCUT2D eigenvalue weighted by Gasteiger charge is -2.12. The molecule has 0 saturated heterocycles. The molecule has 5 heteroatoms. The maximum Gasteiger partial charge on any atom is 0.138 e. The summed E-state index contributed by atoms with van der Waals surface area (Å²) in [4.78, 5) is 4.40. The van der Waals surface area contributed by atoms with Crippen molar-refractivity contribution in [1.29, 1.82) is 0 Å². The average Bonchev–Trinajstić information content (AvgIpc) is 2.45. The van der Waals surface area contributed by atoms with Crippen LogP contribution in [0.15, 0.2) is 30.3 Å². The number of methoxy groups -OCH3 is 1. The Kier molecular flexibility index (Phi) is 5.04. The Bertz CT molecular complexity index is 630. The van der Waals surface area contributed by atoms with Crippen LogP contribution in [0.3, 0.4) is 0 Å². The van der Waals surface area contributed by atoms with Crippen LogP contribution < -0.4 is 15.2 Å². The minimum Gasteiger partial charge on any atom is -0.497 e. The van der Waals surface area contributed by atoms with Gasteiger partial charge in [-0.1, -0.05) is 17.7 Å². The molecule has 1 atom stereocenters. The van der Waals surface area contributed by atoms with Gasteiger partial charge in [0, 0.05) is 23.9 Å². The molecular weight excluding hydrogens is 288 g/mol. The van der Waals surface area contributed by atoms with Crippen molar-refractivity contribution < 1.29 is 9.47 Å². The van der Waals surface area contributed by atoms with Crippen LogP contribution in [-0.2, 0) is 6.61 Å². The van der Waals surface area contributed by atoms with E-state index in [4.69, 9.17) is 26.8 Å². The van der Waals surface area contributed by atoms with Crippen molar-refractivity contribution in [2.75, 3.05) is 7.11 Å². The molecule has 1 aromatic heterocycles. The van der Waals surface area contributed by atoms with Gasteiger partial charge in [-0.25, -0.2) is 0 Å². The number of rotatable bonds is 5. The maximum atomic E-state index is 6.20. The first-order valence-electron chi connectivity index (χ1n) is 6.69. The van der Waals surface area contributed by atoms with E-state index in [-0.39, 0.29) is 6.04 Å². The highest BCUT2D eigenvalue weighted by molar-refractivity contribution is 6.32. The molecule has 0 aliphatic carbocycles. The second-order valence-electron chi connectivity index (χ2n) is 4.91. The van der Waals surface area contributed by atoms with Gasteiger partial charge in [0.15, 0.2) is 0 Å². The van der Waals surface area contributed by atoms with E-state index >= 15 is 0 Å². The molecule has 112 valence electrons. The molecule has 1 heterocycles. The Balaban J connectivity index is 2.11. The lowest BCUT2D eigenvalue weighted by Crippen LogP contribution is -2.05. The van der Waals surface area contributed by atoms with Gasteiger partial charge in [-0.2, -0.15) is 0 Å². The van der Waals surface area contributed by atoms with E-state index in [1.54, 1.807) is 7.11 Å². The largest absolute Gasteiger partial charge is 0.497 e. The van der Waals surface area contributed by atoms with E-state index < -0.39 is 0 Å². The van der Waals surface area contributed by atoms with E-state index in [0.29, 0.717) is 17.4 Å². The van der Waals surface area contributed by atoms with Crippen LogP contribution in [0.4, 0.5) is 0 Å². The summed E-state index contributed by atoms with van der Waals surface area (Å²) >= 11 is 6.20. The molecule has 4 nitrogen and oxygen atoms in total. The Morgan fingerprint density at radius 3 is 2.67 bits per heavy atom. The van der Waals surface area contributed by atoms with Crippen molar-refractivity contribution >= 4 is 11.6 Å². The van der Waals surface area contributed by atoms with Gasteiger partial charge in [0.2, 0.25) is 0 Å². The highest BCUT2D eigenvalue weighted by Crippen LogP contribution is 2.28. The van der Waals surface area contributed by atoms with Crippen LogP contribution in [0.1, 0.15) is 29.9 Å². The van der Waals surface area contributed by atoms with Crippen molar-refractivity contribution in [3.05, 3.63) is 52.3 Å². The molecule has 0 bridgehead atoms. The number of benzene rings is 1. The molecule has 0 saturated carbocycles. The molecule has 2 rings (SSSR count). The summed E-state index contributed by atoms with van der Waals surface area (Å²) < 4.78 is 10.9. The molecule has 21 heavy (non-hydrogen) atoms. The van der Waals surface area contributed by atoms with Gasteiger partial charge < -0.3 is 15.2 Å².